The molecule has 0 atom stereocenters. The van der Waals surface area contributed by atoms with Crippen LogP contribution >= 0.6 is 27.5 Å². The molecule has 0 fully saturated rings. The Balaban J connectivity index is 2.97. The number of hydrogen-bond donors (Lipinski definition) is 0. The predicted molar refractivity (Wildman–Crippen MR) is 49.9 cm³/mol. The Kier molecular flexibility index (Phi) is 3.05. The minimum absolute atomic E-state index is 0.207. The van der Waals surface area contributed by atoms with Crippen LogP contribution in [0.1, 0.15) is 5.56 Å². The van der Waals surface area contributed by atoms with Gasteiger partial charge in [0.05, 0.1) is 0 Å². The summed E-state index contributed by atoms with van der Waals surface area (Å²) in [6.07, 6.45) is 0. The third-order valence-corrected chi connectivity index (χ3v) is 2.32. The molecule has 3 nitrogen and oxygen atoms in total. The molecule has 0 aliphatic heterocycles. The van der Waals surface area contributed by atoms with Gasteiger partial charge in [-0.05, 0) is 18.2 Å². The highest BCUT2D eigenvalue weighted by molar-refractivity contribution is 9.10. The summed E-state index contributed by atoms with van der Waals surface area (Å²) in [6, 6.07) is 4.95. The Morgan fingerprint density at radius 1 is 1.58 bits per heavy atom. The summed E-state index contributed by atoms with van der Waals surface area (Å²) in [5.41, 5.74) is 0.590. The van der Waals surface area contributed by atoms with Gasteiger partial charge in [0.1, 0.15) is 0 Å². The van der Waals surface area contributed by atoms with Gasteiger partial charge < -0.3 is 0 Å². The van der Waals surface area contributed by atoms with Crippen LogP contribution in [0.25, 0.3) is 0 Å². The zero-order chi connectivity index (χ0) is 9.14. The molecule has 64 valence electrons. The van der Waals surface area contributed by atoms with Crippen molar-refractivity contribution in [3.05, 3.63) is 43.4 Å². The molecule has 0 spiro atoms. The summed E-state index contributed by atoms with van der Waals surface area (Å²) in [5.74, 6) is 0. The van der Waals surface area contributed by atoms with Gasteiger partial charge in [-0.2, -0.15) is 0 Å². The summed E-state index contributed by atoms with van der Waals surface area (Å²) < 4.78 is 0.712. The minimum atomic E-state index is -0.392. The van der Waals surface area contributed by atoms with Gasteiger partial charge in [0.15, 0.2) is 0 Å². The number of nitrogens with zero attached hydrogens (tertiary/aromatic N) is 1. The topological polar surface area (TPSA) is 43.1 Å². The van der Waals surface area contributed by atoms with Crippen LogP contribution in [0.15, 0.2) is 22.7 Å². The second-order valence-corrected chi connectivity index (χ2v) is 3.52. The zero-order valence-corrected chi connectivity index (χ0v) is 8.30. The van der Waals surface area contributed by atoms with E-state index in [1.54, 1.807) is 18.2 Å². The Morgan fingerprint density at radius 3 is 2.83 bits per heavy atom. The lowest BCUT2D eigenvalue weighted by atomic mass is 10.2. The molecule has 0 unspecified atom stereocenters. The molecule has 12 heavy (non-hydrogen) atoms. The van der Waals surface area contributed by atoms with Crippen molar-refractivity contribution in [1.82, 2.24) is 0 Å². The molecule has 1 aromatic rings. The third kappa shape index (κ3) is 2.46. The van der Waals surface area contributed by atoms with E-state index in [9.17, 15) is 10.1 Å². The lowest BCUT2D eigenvalue weighted by molar-refractivity contribution is -0.497. The zero-order valence-electron chi connectivity index (χ0n) is 5.96. The molecule has 0 saturated carbocycles. The Bertz CT molecular complexity index is 316. The van der Waals surface area contributed by atoms with Crippen molar-refractivity contribution in [1.29, 1.82) is 0 Å². The van der Waals surface area contributed by atoms with Crippen molar-refractivity contribution in [2.75, 3.05) is 0 Å². The molecule has 1 rings (SSSR count). The molecular weight excluding hydrogens is 245 g/mol. The van der Waals surface area contributed by atoms with E-state index in [0.717, 1.165) is 0 Å². The molecule has 0 radical (unpaired) electrons. The first kappa shape index (κ1) is 9.48. The SMILES string of the molecule is O=[N+]([O-])Cc1cc(Cl)ccc1Br. The summed E-state index contributed by atoms with van der Waals surface area (Å²) in [4.78, 5) is 9.78. The van der Waals surface area contributed by atoms with Crippen LogP contribution in [-0.2, 0) is 6.54 Å². The summed E-state index contributed by atoms with van der Waals surface area (Å²) in [7, 11) is 0. The number of rotatable bonds is 2. The van der Waals surface area contributed by atoms with Crippen molar-refractivity contribution >= 4 is 27.5 Å². The van der Waals surface area contributed by atoms with Crippen LogP contribution in [0.2, 0.25) is 5.02 Å². The first-order chi connectivity index (χ1) is 5.59. The van der Waals surface area contributed by atoms with E-state index in [2.05, 4.69) is 15.9 Å². The fourth-order valence-corrected chi connectivity index (χ4v) is 1.37. The van der Waals surface area contributed by atoms with Crippen molar-refractivity contribution < 1.29 is 4.92 Å². The number of hydrogen-bond acceptors (Lipinski definition) is 2. The molecule has 0 amide bonds. The van der Waals surface area contributed by atoms with E-state index >= 15 is 0 Å². The Labute approximate surface area is 82.6 Å². The lowest BCUT2D eigenvalue weighted by Gasteiger charge is -1.98. The third-order valence-electron chi connectivity index (χ3n) is 1.31. The fourth-order valence-electron chi connectivity index (χ4n) is 0.804. The second kappa shape index (κ2) is 3.87. The van der Waals surface area contributed by atoms with Crippen LogP contribution in [0.3, 0.4) is 0 Å². The Morgan fingerprint density at radius 2 is 2.25 bits per heavy atom. The standard InChI is InChI=1S/C7H5BrClNO2/c8-7-2-1-6(9)3-5(7)4-10(11)12/h1-3H,4H2. The van der Waals surface area contributed by atoms with E-state index in [0.29, 0.717) is 15.1 Å². The molecule has 0 aromatic heterocycles. The summed E-state index contributed by atoms with van der Waals surface area (Å²) in [5, 5.41) is 10.7. The molecule has 1 aromatic carbocycles. The van der Waals surface area contributed by atoms with E-state index in [1.807, 2.05) is 0 Å². The van der Waals surface area contributed by atoms with Crippen molar-refractivity contribution in [3.8, 4) is 0 Å². The van der Waals surface area contributed by atoms with E-state index in [1.165, 1.54) is 0 Å². The maximum absolute atomic E-state index is 10.2. The number of benzene rings is 1. The van der Waals surface area contributed by atoms with Gasteiger partial charge in [0.25, 0.3) is 0 Å². The average Bonchev–Trinajstić information content (AvgIpc) is 1.96. The van der Waals surface area contributed by atoms with Crippen LogP contribution in [0.4, 0.5) is 0 Å². The molecular formula is C7H5BrClNO2. The van der Waals surface area contributed by atoms with Crippen molar-refractivity contribution in [2.24, 2.45) is 0 Å². The highest BCUT2D eigenvalue weighted by atomic mass is 79.9. The average molecular weight is 250 g/mol. The van der Waals surface area contributed by atoms with E-state index in [-0.39, 0.29) is 6.54 Å². The van der Waals surface area contributed by atoms with Crippen molar-refractivity contribution in [2.45, 2.75) is 6.54 Å². The van der Waals surface area contributed by atoms with E-state index < -0.39 is 4.92 Å². The fraction of sp³-hybridized carbons (Fsp3) is 0.143. The predicted octanol–water partition coefficient (Wildman–Crippen LogP) is 2.88. The maximum Gasteiger partial charge on any atom is 0.230 e. The monoisotopic (exact) mass is 249 g/mol. The van der Waals surface area contributed by atoms with Gasteiger partial charge in [-0.3, -0.25) is 10.1 Å². The van der Waals surface area contributed by atoms with Crippen molar-refractivity contribution in [3.63, 3.8) is 0 Å². The van der Waals surface area contributed by atoms with Gasteiger partial charge in [-0.1, -0.05) is 27.5 Å². The van der Waals surface area contributed by atoms with Crippen LogP contribution in [-0.4, -0.2) is 4.92 Å². The molecule has 5 heteroatoms. The quantitative estimate of drug-likeness (QED) is 0.598. The van der Waals surface area contributed by atoms with Crippen LogP contribution < -0.4 is 0 Å². The highest BCUT2D eigenvalue weighted by Gasteiger charge is 2.06. The molecule has 0 saturated heterocycles. The molecule has 0 aliphatic rings. The van der Waals surface area contributed by atoms with E-state index in [4.69, 9.17) is 11.6 Å². The normalized spacial score (nSPS) is 9.83. The van der Waals surface area contributed by atoms with Crippen LogP contribution in [0.5, 0.6) is 0 Å². The highest BCUT2D eigenvalue weighted by Crippen LogP contribution is 2.21. The van der Waals surface area contributed by atoms with Gasteiger partial charge in [0, 0.05) is 20.0 Å². The lowest BCUT2D eigenvalue weighted by Crippen LogP contribution is -1.98. The maximum atomic E-state index is 10.2. The number of nitro groups is 1. The molecule has 0 aliphatic carbocycles. The smallest absolute Gasteiger partial charge is 0.230 e. The first-order valence-electron chi connectivity index (χ1n) is 3.15. The van der Waals surface area contributed by atoms with Gasteiger partial charge in [-0.15, -0.1) is 0 Å². The molecule has 0 N–H and O–H groups in total. The summed E-state index contributed by atoms with van der Waals surface area (Å²) in [6.45, 7) is -0.207. The van der Waals surface area contributed by atoms with Gasteiger partial charge >= 0.3 is 0 Å². The van der Waals surface area contributed by atoms with Crippen LogP contribution in [0, 0.1) is 10.1 Å². The minimum Gasteiger partial charge on any atom is -0.264 e. The first-order valence-corrected chi connectivity index (χ1v) is 4.32. The van der Waals surface area contributed by atoms with Gasteiger partial charge in [-0.25, -0.2) is 0 Å². The molecule has 0 bridgehead atoms. The van der Waals surface area contributed by atoms with Gasteiger partial charge in [0.2, 0.25) is 6.54 Å². The number of halogens is 2. The second-order valence-electron chi connectivity index (χ2n) is 2.23. The Hall–Kier alpha value is -0.610. The largest absolute Gasteiger partial charge is 0.264 e. The summed E-state index contributed by atoms with van der Waals surface area (Å²) >= 11 is 8.85. The molecule has 0 heterocycles.